The van der Waals surface area contributed by atoms with E-state index < -0.39 is 0 Å². The fourth-order valence-corrected chi connectivity index (χ4v) is 0.707. The monoisotopic (exact) mass is 176 g/mol. The number of esters is 1. The van der Waals surface area contributed by atoms with E-state index in [1.54, 1.807) is 0 Å². The van der Waals surface area contributed by atoms with Crippen LogP contribution in [-0.4, -0.2) is 38.0 Å². The largest absolute Gasteiger partial charge is 0.467 e. The van der Waals surface area contributed by atoms with Gasteiger partial charge in [-0.25, -0.2) is 4.79 Å². The predicted molar refractivity (Wildman–Crippen MR) is 43.8 cm³/mol. The third kappa shape index (κ3) is 7.50. The van der Waals surface area contributed by atoms with E-state index in [1.807, 2.05) is 0 Å². The first kappa shape index (κ1) is 11.4. The van der Waals surface area contributed by atoms with Crippen LogP contribution in [0, 0.1) is 0 Å². The van der Waals surface area contributed by atoms with Gasteiger partial charge >= 0.3 is 5.97 Å². The number of hydrogen-bond acceptors (Lipinski definition) is 4. The molecule has 0 aromatic heterocycles. The maximum atomic E-state index is 10.5. The van der Waals surface area contributed by atoms with Crippen LogP contribution in [-0.2, 0) is 14.3 Å². The highest BCUT2D eigenvalue weighted by Gasteiger charge is 1.98. The quantitative estimate of drug-likeness (QED) is 0.449. The molecule has 0 bridgehead atoms. The summed E-state index contributed by atoms with van der Waals surface area (Å²) in [5.41, 5.74) is 0. The van der Waals surface area contributed by atoms with Gasteiger partial charge in [0.15, 0.2) is 0 Å². The molecule has 0 aromatic carbocycles. The van der Waals surface area contributed by atoms with Crippen molar-refractivity contribution in [3.63, 3.8) is 0 Å². The summed E-state index contributed by atoms with van der Waals surface area (Å²) in [5.74, 6) is -0.350. The Morgan fingerprint density at radius 1 is 1.33 bits per heavy atom. The van der Waals surface area contributed by atoms with Gasteiger partial charge in [0.25, 0.3) is 0 Å². The fourth-order valence-electron chi connectivity index (χ4n) is 0.707. The smallest absolute Gasteiger partial charge is 0.331 e. The van der Waals surface area contributed by atoms with Crippen molar-refractivity contribution >= 4 is 5.97 Å². The van der Waals surface area contributed by atoms with Gasteiger partial charge < -0.3 is 14.6 Å². The summed E-state index contributed by atoms with van der Waals surface area (Å²) in [5, 5.41) is 8.43. The van der Waals surface area contributed by atoms with Crippen molar-refractivity contribution in [3.05, 3.63) is 0 Å². The van der Waals surface area contributed by atoms with Crippen LogP contribution in [0.1, 0.15) is 19.3 Å². The van der Waals surface area contributed by atoms with Gasteiger partial charge in [-0.05, 0) is 19.3 Å². The Morgan fingerprint density at radius 3 is 2.67 bits per heavy atom. The van der Waals surface area contributed by atoms with E-state index in [0.29, 0.717) is 6.61 Å². The van der Waals surface area contributed by atoms with Crippen LogP contribution in [0.5, 0.6) is 0 Å². The molecule has 4 heteroatoms. The lowest BCUT2D eigenvalue weighted by atomic mass is 10.2. The fraction of sp³-hybridized carbons (Fsp3) is 0.875. The number of aliphatic hydroxyl groups excluding tert-OH is 1. The molecular formula is C8H16O4. The SMILES string of the molecule is COC(=O)COCCCCCO. The summed E-state index contributed by atoms with van der Waals surface area (Å²) < 4.78 is 9.35. The van der Waals surface area contributed by atoms with E-state index in [9.17, 15) is 4.79 Å². The molecule has 0 aliphatic carbocycles. The molecule has 0 saturated carbocycles. The zero-order chi connectivity index (χ0) is 9.23. The molecule has 1 N–H and O–H groups in total. The van der Waals surface area contributed by atoms with E-state index in [0.717, 1.165) is 19.3 Å². The van der Waals surface area contributed by atoms with Crippen molar-refractivity contribution in [3.8, 4) is 0 Å². The minimum atomic E-state index is -0.350. The Labute approximate surface area is 72.5 Å². The second-order valence-corrected chi connectivity index (χ2v) is 2.41. The lowest BCUT2D eigenvalue weighted by molar-refractivity contribution is -0.145. The molecule has 12 heavy (non-hydrogen) atoms. The summed E-state index contributed by atoms with van der Waals surface area (Å²) >= 11 is 0. The van der Waals surface area contributed by atoms with E-state index in [1.165, 1.54) is 7.11 Å². The molecule has 0 rings (SSSR count). The summed E-state index contributed by atoms with van der Waals surface area (Å²) in [6.45, 7) is 0.793. The number of rotatable bonds is 7. The van der Waals surface area contributed by atoms with Crippen LogP contribution in [0.25, 0.3) is 0 Å². The highest BCUT2D eigenvalue weighted by molar-refractivity contribution is 5.70. The molecule has 0 aliphatic rings. The Kier molecular flexibility index (Phi) is 8.05. The van der Waals surface area contributed by atoms with Gasteiger partial charge in [-0.2, -0.15) is 0 Å². The molecular weight excluding hydrogens is 160 g/mol. The van der Waals surface area contributed by atoms with E-state index in [4.69, 9.17) is 9.84 Å². The minimum absolute atomic E-state index is 0.0234. The van der Waals surface area contributed by atoms with Gasteiger partial charge in [0.1, 0.15) is 6.61 Å². The van der Waals surface area contributed by atoms with Crippen molar-refractivity contribution in [2.24, 2.45) is 0 Å². The van der Waals surface area contributed by atoms with Crippen molar-refractivity contribution in [1.29, 1.82) is 0 Å². The normalized spacial score (nSPS) is 9.83. The third-order valence-electron chi connectivity index (χ3n) is 1.39. The topological polar surface area (TPSA) is 55.8 Å². The Balaban J connectivity index is 2.95. The first-order chi connectivity index (χ1) is 5.81. The van der Waals surface area contributed by atoms with Crippen LogP contribution in [0.15, 0.2) is 0 Å². The van der Waals surface area contributed by atoms with Gasteiger partial charge in [0, 0.05) is 13.2 Å². The number of carbonyl (C=O) groups is 1. The maximum absolute atomic E-state index is 10.5. The first-order valence-corrected chi connectivity index (χ1v) is 4.06. The molecule has 0 unspecified atom stereocenters. The molecule has 0 atom stereocenters. The molecule has 0 radical (unpaired) electrons. The van der Waals surface area contributed by atoms with Crippen molar-refractivity contribution < 1.29 is 19.4 Å². The summed E-state index contributed by atoms with van der Waals surface area (Å²) in [4.78, 5) is 10.5. The van der Waals surface area contributed by atoms with Gasteiger partial charge in [-0.3, -0.25) is 0 Å². The van der Waals surface area contributed by atoms with Crippen LogP contribution in [0.4, 0.5) is 0 Å². The zero-order valence-corrected chi connectivity index (χ0v) is 7.41. The maximum Gasteiger partial charge on any atom is 0.331 e. The molecule has 0 heterocycles. The average Bonchev–Trinajstić information content (AvgIpc) is 2.10. The van der Waals surface area contributed by atoms with E-state index in [-0.39, 0.29) is 19.2 Å². The van der Waals surface area contributed by atoms with Gasteiger partial charge in [0.2, 0.25) is 0 Å². The second kappa shape index (κ2) is 8.49. The highest BCUT2D eigenvalue weighted by Crippen LogP contribution is 1.94. The Bertz CT molecular complexity index is 114. The lowest BCUT2D eigenvalue weighted by Crippen LogP contribution is -2.10. The van der Waals surface area contributed by atoms with Crippen LogP contribution in [0.2, 0.25) is 0 Å². The van der Waals surface area contributed by atoms with Crippen LogP contribution >= 0.6 is 0 Å². The number of unbranched alkanes of at least 4 members (excludes halogenated alkanes) is 2. The Hall–Kier alpha value is -0.610. The van der Waals surface area contributed by atoms with Crippen molar-refractivity contribution in [2.45, 2.75) is 19.3 Å². The minimum Gasteiger partial charge on any atom is -0.467 e. The van der Waals surface area contributed by atoms with Crippen molar-refractivity contribution in [1.82, 2.24) is 0 Å². The molecule has 0 spiro atoms. The summed E-state index contributed by atoms with van der Waals surface area (Å²) in [6, 6.07) is 0. The van der Waals surface area contributed by atoms with Gasteiger partial charge in [-0.15, -0.1) is 0 Å². The number of methoxy groups -OCH3 is 1. The number of aliphatic hydroxyl groups is 1. The second-order valence-electron chi connectivity index (χ2n) is 2.41. The van der Waals surface area contributed by atoms with E-state index >= 15 is 0 Å². The number of carbonyl (C=O) groups excluding carboxylic acids is 1. The summed E-state index contributed by atoms with van der Waals surface area (Å²) in [7, 11) is 1.33. The highest BCUT2D eigenvalue weighted by atomic mass is 16.6. The zero-order valence-electron chi connectivity index (χ0n) is 7.41. The molecule has 0 fully saturated rings. The first-order valence-electron chi connectivity index (χ1n) is 4.06. The standard InChI is InChI=1S/C8H16O4/c1-11-8(10)7-12-6-4-2-3-5-9/h9H,2-7H2,1H3. The molecule has 0 amide bonds. The Morgan fingerprint density at radius 2 is 2.08 bits per heavy atom. The van der Waals surface area contributed by atoms with Gasteiger partial charge in [-0.1, -0.05) is 0 Å². The third-order valence-corrected chi connectivity index (χ3v) is 1.39. The number of ether oxygens (including phenoxy) is 2. The van der Waals surface area contributed by atoms with Crippen LogP contribution in [0.3, 0.4) is 0 Å². The van der Waals surface area contributed by atoms with E-state index in [2.05, 4.69) is 4.74 Å². The average molecular weight is 176 g/mol. The molecule has 0 saturated heterocycles. The lowest BCUT2D eigenvalue weighted by Gasteiger charge is -2.01. The number of hydrogen-bond donors (Lipinski definition) is 1. The van der Waals surface area contributed by atoms with Crippen molar-refractivity contribution in [2.75, 3.05) is 26.9 Å². The molecule has 0 aromatic rings. The molecule has 72 valence electrons. The molecule has 0 aliphatic heterocycles. The predicted octanol–water partition coefficient (Wildman–Crippen LogP) is 0.339. The van der Waals surface area contributed by atoms with Gasteiger partial charge in [0.05, 0.1) is 7.11 Å². The van der Waals surface area contributed by atoms with Crippen LogP contribution < -0.4 is 0 Å². The summed E-state index contributed by atoms with van der Waals surface area (Å²) in [6.07, 6.45) is 2.59. The molecule has 4 nitrogen and oxygen atoms in total.